The minimum atomic E-state index is -1.53. The van der Waals surface area contributed by atoms with Gasteiger partial charge in [0.2, 0.25) is 11.8 Å². The Kier molecular flexibility index (Phi) is 6.13. The average molecular weight is 394 g/mol. The summed E-state index contributed by atoms with van der Waals surface area (Å²) in [4.78, 5) is 38.8. The highest BCUT2D eigenvalue weighted by molar-refractivity contribution is 6.09. The number of amides is 2. The van der Waals surface area contributed by atoms with Crippen LogP contribution in [-0.2, 0) is 14.4 Å². The highest BCUT2D eigenvalue weighted by Gasteiger charge is 2.54. The summed E-state index contributed by atoms with van der Waals surface area (Å²) in [5.41, 5.74) is -0.340. The van der Waals surface area contributed by atoms with Gasteiger partial charge in [-0.3, -0.25) is 14.4 Å². The van der Waals surface area contributed by atoms with Crippen LogP contribution in [0, 0.1) is 17.8 Å². The molecule has 0 bridgehead atoms. The summed E-state index contributed by atoms with van der Waals surface area (Å²) in [5, 5.41) is 16.5. The Morgan fingerprint density at radius 3 is 1.93 bits per heavy atom. The van der Waals surface area contributed by atoms with Crippen LogP contribution in [0.4, 0.5) is 11.4 Å². The molecular formula is C23H26N2O4. The van der Waals surface area contributed by atoms with Crippen LogP contribution >= 0.6 is 0 Å². The Balaban J connectivity index is 1.87. The monoisotopic (exact) mass is 394 g/mol. The van der Waals surface area contributed by atoms with E-state index in [0.717, 1.165) is 0 Å². The predicted octanol–water partition coefficient (Wildman–Crippen LogP) is 3.25. The van der Waals surface area contributed by atoms with Crippen LogP contribution in [0.15, 0.2) is 60.7 Å². The predicted molar refractivity (Wildman–Crippen MR) is 111 cm³/mol. The molecule has 1 fully saturated rings. The van der Waals surface area contributed by atoms with E-state index in [2.05, 4.69) is 10.6 Å². The summed E-state index contributed by atoms with van der Waals surface area (Å²) in [5.74, 6) is -3.68. The molecule has 2 amide bonds. The number of para-hydroxylation sites is 2. The Labute approximate surface area is 170 Å². The first-order chi connectivity index (χ1) is 13.8. The van der Waals surface area contributed by atoms with E-state index >= 15 is 0 Å². The molecule has 0 aromatic heterocycles. The molecule has 2 aromatic rings. The fourth-order valence-electron chi connectivity index (χ4n) is 4.24. The van der Waals surface area contributed by atoms with Crippen molar-refractivity contribution in [1.29, 1.82) is 0 Å². The quantitative estimate of drug-likeness (QED) is 0.679. The second kappa shape index (κ2) is 8.57. The molecule has 3 N–H and O–H groups in total. The summed E-state index contributed by atoms with van der Waals surface area (Å²) < 4.78 is 0. The highest BCUT2D eigenvalue weighted by atomic mass is 16.3. The van der Waals surface area contributed by atoms with Crippen molar-refractivity contribution in [3.05, 3.63) is 60.7 Å². The number of hydrogen-bond acceptors (Lipinski definition) is 4. The van der Waals surface area contributed by atoms with E-state index in [1.165, 1.54) is 6.92 Å². The summed E-state index contributed by atoms with van der Waals surface area (Å²) in [6.45, 7) is 3.32. The number of carbonyl (C=O) groups excluding carboxylic acids is 3. The van der Waals surface area contributed by atoms with Crippen molar-refractivity contribution in [2.24, 2.45) is 17.8 Å². The lowest BCUT2D eigenvalue weighted by atomic mass is 9.62. The zero-order valence-corrected chi connectivity index (χ0v) is 16.6. The Hall–Kier alpha value is -2.99. The third-order valence-electron chi connectivity index (χ3n) is 5.52. The number of aliphatic hydroxyl groups is 1. The molecule has 152 valence electrons. The molecule has 0 heterocycles. The van der Waals surface area contributed by atoms with Crippen molar-refractivity contribution in [1.82, 2.24) is 0 Å². The second-order valence-electron chi connectivity index (χ2n) is 7.74. The van der Waals surface area contributed by atoms with Gasteiger partial charge in [-0.15, -0.1) is 0 Å². The van der Waals surface area contributed by atoms with E-state index in [9.17, 15) is 19.5 Å². The normalized spacial score (nSPS) is 26.6. The minimum Gasteiger partial charge on any atom is -0.389 e. The second-order valence-corrected chi connectivity index (χ2v) is 7.74. The molecule has 6 heteroatoms. The maximum absolute atomic E-state index is 13.1. The molecule has 0 radical (unpaired) electrons. The van der Waals surface area contributed by atoms with Gasteiger partial charge in [0.25, 0.3) is 0 Å². The van der Waals surface area contributed by atoms with Gasteiger partial charge in [-0.1, -0.05) is 49.7 Å². The van der Waals surface area contributed by atoms with E-state index in [1.807, 2.05) is 19.1 Å². The largest absolute Gasteiger partial charge is 0.389 e. The van der Waals surface area contributed by atoms with E-state index in [1.54, 1.807) is 48.5 Å². The van der Waals surface area contributed by atoms with Crippen molar-refractivity contribution in [2.75, 3.05) is 10.6 Å². The lowest BCUT2D eigenvalue weighted by Crippen LogP contribution is -2.57. The summed E-state index contributed by atoms with van der Waals surface area (Å²) in [6.07, 6.45) is 0.158. The van der Waals surface area contributed by atoms with E-state index in [-0.39, 0.29) is 12.2 Å². The topological polar surface area (TPSA) is 95.5 Å². The van der Waals surface area contributed by atoms with Crippen molar-refractivity contribution in [3.63, 3.8) is 0 Å². The molecule has 29 heavy (non-hydrogen) atoms. The van der Waals surface area contributed by atoms with Crippen molar-refractivity contribution in [3.8, 4) is 0 Å². The van der Waals surface area contributed by atoms with Crippen LogP contribution in [0.3, 0.4) is 0 Å². The van der Waals surface area contributed by atoms with Crippen LogP contribution in [0.5, 0.6) is 0 Å². The molecule has 1 aliphatic rings. The number of rotatable bonds is 5. The van der Waals surface area contributed by atoms with Gasteiger partial charge in [-0.25, -0.2) is 0 Å². The Bertz CT molecular complexity index is 880. The van der Waals surface area contributed by atoms with Crippen molar-refractivity contribution < 1.29 is 19.5 Å². The molecule has 0 saturated heterocycles. The number of benzene rings is 2. The van der Waals surface area contributed by atoms with Gasteiger partial charge in [0.15, 0.2) is 0 Å². The first kappa shape index (κ1) is 20.7. The molecule has 0 spiro atoms. The highest BCUT2D eigenvalue weighted by Crippen LogP contribution is 2.42. The standard InChI is InChI=1S/C23H26N2O4/c1-3-17-19(21(27)24-15-10-6-4-7-11-15)18(26)14-23(2,29)20(17)22(28)25-16-12-8-5-9-13-16/h4-13,17,19-20,29H,3,14H2,1-2H3,(H,24,27)(H,25,28). The van der Waals surface area contributed by atoms with E-state index in [0.29, 0.717) is 17.8 Å². The van der Waals surface area contributed by atoms with Gasteiger partial charge >= 0.3 is 0 Å². The third-order valence-corrected chi connectivity index (χ3v) is 5.52. The molecule has 3 rings (SSSR count). The molecule has 4 atom stereocenters. The number of ketones is 1. The zero-order chi connectivity index (χ0) is 21.0. The number of nitrogens with one attached hydrogen (secondary N) is 2. The SMILES string of the molecule is CCC1C(C(=O)Nc2ccccc2)C(=O)CC(C)(O)C1C(=O)Nc1ccccc1. The number of carbonyl (C=O) groups is 3. The van der Waals surface area contributed by atoms with Crippen LogP contribution in [0.2, 0.25) is 0 Å². The number of hydrogen-bond donors (Lipinski definition) is 3. The van der Waals surface area contributed by atoms with Gasteiger partial charge in [-0.2, -0.15) is 0 Å². The van der Waals surface area contributed by atoms with Crippen LogP contribution < -0.4 is 10.6 Å². The molecular weight excluding hydrogens is 368 g/mol. The van der Waals surface area contributed by atoms with Gasteiger partial charge < -0.3 is 15.7 Å². The molecule has 2 aromatic carbocycles. The molecule has 1 aliphatic carbocycles. The van der Waals surface area contributed by atoms with Crippen molar-refractivity contribution in [2.45, 2.75) is 32.3 Å². The van der Waals surface area contributed by atoms with Gasteiger partial charge in [-0.05, 0) is 37.1 Å². The molecule has 6 nitrogen and oxygen atoms in total. The molecule has 1 saturated carbocycles. The van der Waals surface area contributed by atoms with Crippen LogP contribution in [0.25, 0.3) is 0 Å². The maximum atomic E-state index is 13.1. The number of Topliss-reactive ketones (excluding diaryl/α,β-unsaturated/α-hetero) is 1. The van der Waals surface area contributed by atoms with Crippen molar-refractivity contribution >= 4 is 29.0 Å². The summed E-state index contributed by atoms with van der Waals surface area (Å²) >= 11 is 0. The maximum Gasteiger partial charge on any atom is 0.235 e. The first-order valence-corrected chi connectivity index (χ1v) is 9.80. The summed E-state index contributed by atoms with van der Waals surface area (Å²) in [7, 11) is 0. The van der Waals surface area contributed by atoms with E-state index < -0.39 is 35.2 Å². The van der Waals surface area contributed by atoms with E-state index in [4.69, 9.17) is 0 Å². The lowest BCUT2D eigenvalue weighted by Gasteiger charge is -2.44. The van der Waals surface area contributed by atoms with Gasteiger partial charge in [0.05, 0.1) is 11.5 Å². The van der Waals surface area contributed by atoms with Gasteiger partial charge in [0.1, 0.15) is 11.7 Å². The fraction of sp³-hybridized carbons (Fsp3) is 0.348. The number of anilines is 2. The molecule has 4 unspecified atom stereocenters. The summed E-state index contributed by atoms with van der Waals surface area (Å²) in [6, 6.07) is 17.8. The minimum absolute atomic E-state index is 0.247. The Morgan fingerprint density at radius 1 is 0.966 bits per heavy atom. The first-order valence-electron chi connectivity index (χ1n) is 9.80. The zero-order valence-electron chi connectivity index (χ0n) is 16.6. The van der Waals surface area contributed by atoms with Crippen LogP contribution in [0.1, 0.15) is 26.7 Å². The third kappa shape index (κ3) is 4.54. The lowest BCUT2D eigenvalue weighted by molar-refractivity contribution is -0.155. The average Bonchev–Trinajstić information content (AvgIpc) is 2.67. The fourth-order valence-corrected chi connectivity index (χ4v) is 4.24. The Morgan fingerprint density at radius 2 is 1.45 bits per heavy atom. The molecule has 0 aliphatic heterocycles. The smallest absolute Gasteiger partial charge is 0.235 e. The van der Waals surface area contributed by atoms with Crippen LogP contribution in [-0.4, -0.2) is 28.3 Å². The van der Waals surface area contributed by atoms with Gasteiger partial charge in [0, 0.05) is 17.8 Å².